The van der Waals surface area contributed by atoms with Crippen molar-refractivity contribution in [2.24, 2.45) is 0 Å². The molecular formula is C19H32N2O4. The molecule has 25 heavy (non-hydrogen) atoms. The van der Waals surface area contributed by atoms with E-state index in [0.717, 1.165) is 17.6 Å². The summed E-state index contributed by atoms with van der Waals surface area (Å²) in [4.78, 5) is 25.3. The number of ether oxygens (including phenoxy) is 2. The average Bonchev–Trinajstić information content (AvgIpc) is 2.43. The van der Waals surface area contributed by atoms with Gasteiger partial charge in [-0.3, -0.25) is 0 Å². The highest BCUT2D eigenvalue weighted by Gasteiger charge is 2.37. The predicted molar refractivity (Wildman–Crippen MR) is 98.0 cm³/mol. The molecule has 0 aromatic carbocycles. The van der Waals surface area contributed by atoms with Crippen LogP contribution in [0.5, 0.6) is 0 Å². The third-order valence-electron chi connectivity index (χ3n) is 3.35. The number of hydrogen-bond acceptors (Lipinski definition) is 4. The zero-order chi connectivity index (χ0) is 19.4. The largest absolute Gasteiger partial charge is 0.442 e. The third-order valence-corrected chi connectivity index (χ3v) is 3.35. The summed E-state index contributed by atoms with van der Waals surface area (Å²) in [5.41, 5.74) is 0.738. The lowest BCUT2D eigenvalue weighted by Crippen LogP contribution is -2.56. The van der Waals surface area contributed by atoms with E-state index >= 15 is 0 Å². The number of allylic oxidation sites excluding steroid dienone is 2. The van der Waals surface area contributed by atoms with Gasteiger partial charge >= 0.3 is 12.2 Å². The lowest BCUT2D eigenvalue weighted by Gasteiger charge is -2.41. The number of carbonyl (C=O) groups is 2. The van der Waals surface area contributed by atoms with E-state index in [1.54, 1.807) is 41.5 Å². The highest BCUT2D eigenvalue weighted by atomic mass is 16.6. The Labute approximate surface area is 151 Å². The van der Waals surface area contributed by atoms with Crippen molar-refractivity contribution in [2.75, 3.05) is 13.1 Å². The molecule has 0 aromatic heterocycles. The molecular weight excluding hydrogens is 320 g/mol. The molecule has 1 aliphatic heterocycles. The summed E-state index contributed by atoms with van der Waals surface area (Å²) < 4.78 is 10.9. The van der Waals surface area contributed by atoms with Gasteiger partial charge in [-0.25, -0.2) is 19.6 Å². The summed E-state index contributed by atoms with van der Waals surface area (Å²) in [6.07, 6.45) is 3.76. The van der Waals surface area contributed by atoms with Crippen molar-refractivity contribution >= 4 is 12.2 Å². The average molecular weight is 352 g/mol. The van der Waals surface area contributed by atoms with Crippen molar-refractivity contribution in [2.45, 2.75) is 73.0 Å². The van der Waals surface area contributed by atoms with E-state index in [2.05, 4.69) is 6.08 Å². The summed E-state index contributed by atoms with van der Waals surface area (Å²) in [5, 5.41) is 2.65. The molecule has 1 saturated heterocycles. The summed E-state index contributed by atoms with van der Waals surface area (Å²) in [6, 6.07) is 0. The number of amides is 2. The molecule has 0 spiro atoms. The predicted octanol–water partition coefficient (Wildman–Crippen LogP) is 4.67. The lowest BCUT2D eigenvalue weighted by atomic mass is 10.0. The van der Waals surface area contributed by atoms with E-state index in [0.29, 0.717) is 0 Å². The van der Waals surface area contributed by atoms with Gasteiger partial charge in [-0.2, -0.15) is 0 Å². The first-order valence-corrected chi connectivity index (χ1v) is 8.73. The molecule has 0 atom stereocenters. The highest BCUT2D eigenvalue weighted by molar-refractivity contribution is 5.76. The van der Waals surface area contributed by atoms with E-state index in [1.807, 2.05) is 19.9 Å². The Morgan fingerprint density at radius 1 is 0.920 bits per heavy atom. The van der Waals surface area contributed by atoms with Gasteiger partial charge in [0.2, 0.25) is 0 Å². The minimum absolute atomic E-state index is 0.274. The minimum atomic E-state index is -0.647. The molecule has 0 N–H and O–H groups in total. The SMILES string of the molecule is C/C=C1/CN(C(=O)OC(C)(C)C)N(C(=O)OC(C)(C)C)C/C1=C/CC. The van der Waals surface area contributed by atoms with E-state index in [9.17, 15) is 9.59 Å². The molecule has 0 radical (unpaired) electrons. The molecule has 1 heterocycles. The van der Waals surface area contributed by atoms with E-state index in [4.69, 9.17) is 9.47 Å². The monoisotopic (exact) mass is 352 g/mol. The molecule has 0 unspecified atom stereocenters. The van der Waals surface area contributed by atoms with Crippen LogP contribution in [0.25, 0.3) is 0 Å². The smallest absolute Gasteiger partial charge is 0.429 e. The maximum atomic E-state index is 12.6. The van der Waals surface area contributed by atoms with Crippen LogP contribution < -0.4 is 0 Å². The molecule has 2 amide bonds. The summed E-state index contributed by atoms with van der Waals surface area (Å²) >= 11 is 0. The molecule has 6 heteroatoms. The van der Waals surface area contributed by atoms with Gasteiger partial charge in [-0.1, -0.05) is 19.1 Å². The van der Waals surface area contributed by atoms with Gasteiger partial charge in [0.05, 0.1) is 13.1 Å². The van der Waals surface area contributed by atoms with Gasteiger partial charge in [0.1, 0.15) is 11.2 Å². The summed E-state index contributed by atoms with van der Waals surface area (Å²) in [5.74, 6) is 0. The second-order valence-corrected chi connectivity index (χ2v) is 8.03. The van der Waals surface area contributed by atoms with Crippen molar-refractivity contribution in [3.63, 3.8) is 0 Å². The molecule has 0 bridgehead atoms. The first kappa shape index (κ1) is 21.1. The molecule has 1 fully saturated rings. The maximum Gasteiger partial charge on any atom is 0.429 e. The van der Waals surface area contributed by atoms with E-state index in [1.165, 1.54) is 10.0 Å². The van der Waals surface area contributed by atoms with Gasteiger partial charge < -0.3 is 9.47 Å². The number of hydrazine groups is 1. The van der Waals surface area contributed by atoms with Crippen molar-refractivity contribution < 1.29 is 19.1 Å². The number of hydrogen-bond donors (Lipinski definition) is 0. The molecule has 0 aromatic rings. The van der Waals surface area contributed by atoms with E-state index in [-0.39, 0.29) is 13.1 Å². The Morgan fingerprint density at radius 3 is 1.64 bits per heavy atom. The van der Waals surface area contributed by atoms with Crippen LogP contribution in [0.3, 0.4) is 0 Å². The quantitative estimate of drug-likeness (QED) is 0.688. The van der Waals surface area contributed by atoms with Crippen LogP contribution in [-0.2, 0) is 9.47 Å². The summed E-state index contributed by atoms with van der Waals surface area (Å²) in [7, 11) is 0. The number of carbonyl (C=O) groups excluding carboxylic acids is 2. The third kappa shape index (κ3) is 6.44. The fourth-order valence-corrected chi connectivity index (χ4v) is 2.37. The van der Waals surface area contributed by atoms with Crippen molar-refractivity contribution in [3.05, 3.63) is 23.3 Å². The van der Waals surface area contributed by atoms with Crippen LogP contribution in [-0.4, -0.2) is 46.5 Å². The molecule has 0 saturated carbocycles. The fraction of sp³-hybridized carbons (Fsp3) is 0.684. The first-order valence-electron chi connectivity index (χ1n) is 8.73. The Kier molecular flexibility index (Phi) is 6.68. The summed E-state index contributed by atoms with van der Waals surface area (Å²) in [6.45, 7) is 15.3. The van der Waals surface area contributed by atoms with Gasteiger partial charge in [0, 0.05) is 0 Å². The molecule has 1 rings (SSSR count). The lowest BCUT2D eigenvalue weighted by molar-refractivity contribution is -0.0601. The van der Waals surface area contributed by atoms with Crippen molar-refractivity contribution in [3.8, 4) is 0 Å². The Hall–Kier alpha value is -1.98. The molecule has 0 aliphatic carbocycles. The number of rotatable bonds is 1. The van der Waals surface area contributed by atoms with Crippen LogP contribution in [0.2, 0.25) is 0 Å². The van der Waals surface area contributed by atoms with E-state index < -0.39 is 23.4 Å². The number of nitrogens with zero attached hydrogens (tertiary/aromatic N) is 2. The molecule has 142 valence electrons. The van der Waals surface area contributed by atoms with Gasteiger partial charge in [0.15, 0.2) is 0 Å². The van der Waals surface area contributed by atoms with Gasteiger partial charge in [-0.15, -0.1) is 0 Å². The zero-order valence-electron chi connectivity index (χ0n) is 16.8. The van der Waals surface area contributed by atoms with Crippen LogP contribution in [0.4, 0.5) is 9.59 Å². The Morgan fingerprint density at radius 2 is 1.32 bits per heavy atom. The highest BCUT2D eigenvalue weighted by Crippen LogP contribution is 2.26. The maximum absolute atomic E-state index is 12.6. The van der Waals surface area contributed by atoms with Crippen molar-refractivity contribution in [1.29, 1.82) is 0 Å². The molecule has 6 nitrogen and oxygen atoms in total. The van der Waals surface area contributed by atoms with Crippen LogP contribution in [0.15, 0.2) is 23.3 Å². The molecule has 1 aliphatic rings. The van der Waals surface area contributed by atoms with Crippen LogP contribution >= 0.6 is 0 Å². The van der Waals surface area contributed by atoms with Gasteiger partial charge in [0.25, 0.3) is 0 Å². The standard InChI is InChI=1S/C19H32N2O4/c1-9-11-15-13-21(17(23)25-19(6,7)8)20(12-14(15)10-2)16(22)24-18(3,4)5/h10-11H,9,12-13H2,1-8H3/b14-10-,15-11-. The zero-order valence-corrected chi connectivity index (χ0v) is 16.8. The fourth-order valence-electron chi connectivity index (χ4n) is 2.37. The Balaban J connectivity index is 3.16. The van der Waals surface area contributed by atoms with Crippen LogP contribution in [0.1, 0.15) is 61.8 Å². The first-order chi connectivity index (χ1) is 11.4. The second-order valence-electron chi connectivity index (χ2n) is 8.03. The Bertz CT molecular complexity index is 565. The second kappa shape index (κ2) is 7.93. The van der Waals surface area contributed by atoms with Gasteiger partial charge in [-0.05, 0) is 66.0 Å². The normalized spacial score (nSPS) is 19.4. The van der Waals surface area contributed by atoms with Crippen molar-refractivity contribution in [1.82, 2.24) is 10.0 Å². The minimum Gasteiger partial charge on any atom is -0.442 e. The van der Waals surface area contributed by atoms with Crippen LogP contribution in [0, 0.1) is 0 Å². The topological polar surface area (TPSA) is 59.1 Å².